The zero-order chi connectivity index (χ0) is 7.40. The molecule has 0 aromatic rings. The number of likely N-dealkylation sites (N-methyl/N-ethyl adjacent to an activating group) is 1. The fourth-order valence-corrected chi connectivity index (χ4v) is 1.43. The van der Waals surface area contributed by atoms with E-state index < -0.39 is 0 Å². The average molecular weight is 143 g/mol. The van der Waals surface area contributed by atoms with Gasteiger partial charge in [0.15, 0.2) is 0 Å². The Balaban J connectivity index is 2.27. The van der Waals surface area contributed by atoms with Crippen LogP contribution in [-0.2, 0) is 4.74 Å². The molecule has 0 radical (unpaired) electrons. The summed E-state index contributed by atoms with van der Waals surface area (Å²) in [5.74, 6) is 0. The van der Waals surface area contributed by atoms with Gasteiger partial charge in [-0.2, -0.15) is 0 Å². The quantitative estimate of drug-likeness (QED) is 0.593. The molecule has 1 aliphatic heterocycles. The maximum atomic E-state index is 5.52. The third-order valence-electron chi connectivity index (χ3n) is 2.04. The molecule has 0 bridgehead atoms. The Morgan fingerprint density at radius 1 is 1.50 bits per heavy atom. The van der Waals surface area contributed by atoms with Crippen LogP contribution in [0.3, 0.4) is 0 Å². The van der Waals surface area contributed by atoms with E-state index in [9.17, 15) is 0 Å². The van der Waals surface area contributed by atoms with Crippen molar-refractivity contribution < 1.29 is 4.74 Å². The molecule has 0 amide bonds. The maximum Gasteiger partial charge on any atom is 0.110 e. The zero-order valence-corrected chi connectivity index (χ0v) is 6.97. The summed E-state index contributed by atoms with van der Waals surface area (Å²) in [7, 11) is 0. The molecule has 2 heteroatoms. The third kappa shape index (κ3) is 1.70. The van der Waals surface area contributed by atoms with Crippen LogP contribution in [-0.4, -0.2) is 30.8 Å². The molecule has 0 N–H and O–H groups in total. The van der Waals surface area contributed by atoms with Crippen molar-refractivity contribution >= 4 is 0 Å². The zero-order valence-electron chi connectivity index (χ0n) is 6.97. The fourth-order valence-electron chi connectivity index (χ4n) is 1.43. The molecule has 1 fully saturated rings. The predicted molar refractivity (Wildman–Crippen MR) is 41.9 cm³/mol. The molecule has 0 aromatic heterocycles. The topological polar surface area (TPSA) is 12.5 Å². The van der Waals surface area contributed by atoms with Crippen LogP contribution in [0.2, 0.25) is 0 Å². The highest BCUT2D eigenvalue weighted by Gasteiger charge is 2.21. The largest absolute Gasteiger partial charge is 0.362 e. The van der Waals surface area contributed by atoms with Crippen LogP contribution in [0.15, 0.2) is 0 Å². The molecule has 60 valence electrons. The van der Waals surface area contributed by atoms with Gasteiger partial charge in [-0.15, -0.1) is 0 Å². The molecule has 0 aromatic carbocycles. The van der Waals surface area contributed by atoms with E-state index in [1.165, 1.54) is 12.8 Å². The minimum atomic E-state index is 0.426. The minimum absolute atomic E-state index is 0.426. The lowest BCUT2D eigenvalue weighted by Gasteiger charge is -2.19. The summed E-state index contributed by atoms with van der Waals surface area (Å²) >= 11 is 0. The molecule has 1 atom stereocenters. The first kappa shape index (κ1) is 8.02. The Morgan fingerprint density at radius 3 is 2.90 bits per heavy atom. The van der Waals surface area contributed by atoms with Crippen LogP contribution in [0.25, 0.3) is 0 Å². The van der Waals surface area contributed by atoms with Crippen LogP contribution < -0.4 is 0 Å². The summed E-state index contributed by atoms with van der Waals surface area (Å²) in [6.45, 7) is 7.58. The fraction of sp³-hybridized carbons (Fsp3) is 1.00. The summed E-state index contributed by atoms with van der Waals surface area (Å²) in [5.41, 5.74) is 0. The second kappa shape index (κ2) is 3.94. The van der Waals surface area contributed by atoms with E-state index in [0.29, 0.717) is 6.23 Å². The SMILES string of the molecule is CCCC1OCCN1CC. The van der Waals surface area contributed by atoms with Gasteiger partial charge < -0.3 is 4.74 Å². The molecule has 0 aliphatic carbocycles. The van der Waals surface area contributed by atoms with Gasteiger partial charge in [0.1, 0.15) is 6.23 Å². The Morgan fingerprint density at radius 2 is 2.30 bits per heavy atom. The minimum Gasteiger partial charge on any atom is -0.362 e. The van der Waals surface area contributed by atoms with Gasteiger partial charge in [-0.05, 0) is 13.0 Å². The normalized spacial score (nSPS) is 27.6. The molecule has 1 unspecified atom stereocenters. The van der Waals surface area contributed by atoms with Gasteiger partial charge in [0.05, 0.1) is 6.61 Å². The van der Waals surface area contributed by atoms with E-state index >= 15 is 0 Å². The highest BCUT2D eigenvalue weighted by atomic mass is 16.5. The van der Waals surface area contributed by atoms with E-state index in [0.717, 1.165) is 19.7 Å². The van der Waals surface area contributed by atoms with E-state index in [2.05, 4.69) is 18.7 Å². The molecular weight excluding hydrogens is 126 g/mol. The molecule has 10 heavy (non-hydrogen) atoms. The van der Waals surface area contributed by atoms with Crippen LogP contribution >= 0.6 is 0 Å². The van der Waals surface area contributed by atoms with Crippen molar-refractivity contribution in [1.29, 1.82) is 0 Å². The average Bonchev–Trinajstić information content (AvgIpc) is 2.36. The molecule has 0 saturated carbocycles. The molecule has 0 spiro atoms. The maximum absolute atomic E-state index is 5.52. The van der Waals surface area contributed by atoms with Crippen molar-refractivity contribution in [2.45, 2.75) is 32.9 Å². The number of rotatable bonds is 3. The number of hydrogen-bond acceptors (Lipinski definition) is 2. The summed E-state index contributed by atoms with van der Waals surface area (Å²) in [6.07, 6.45) is 2.84. The van der Waals surface area contributed by atoms with Gasteiger partial charge in [-0.3, -0.25) is 4.90 Å². The third-order valence-corrected chi connectivity index (χ3v) is 2.04. The molecule has 2 nitrogen and oxygen atoms in total. The lowest BCUT2D eigenvalue weighted by atomic mass is 10.3. The first-order valence-corrected chi connectivity index (χ1v) is 4.24. The summed E-state index contributed by atoms with van der Waals surface area (Å²) in [5, 5.41) is 0. The van der Waals surface area contributed by atoms with Crippen molar-refractivity contribution in [2.75, 3.05) is 19.7 Å². The molecular formula is C8H17NO. The predicted octanol–water partition coefficient (Wildman–Crippen LogP) is 1.46. The van der Waals surface area contributed by atoms with E-state index in [4.69, 9.17) is 4.74 Å². The second-order valence-electron chi connectivity index (χ2n) is 2.74. The first-order chi connectivity index (χ1) is 4.88. The second-order valence-corrected chi connectivity index (χ2v) is 2.74. The smallest absolute Gasteiger partial charge is 0.110 e. The monoisotopic (exact) mass is 143 g/mol. The van der Waals surface area contributed by atoms with Crippen LogP contribution in [0.1, 0.15) is 26.7 Å². The first-order valence-electron chi connectivity index (χ1n) is 4.24. The molecule has 1 saturated heterocycles. The van der Waals surface area contributed by atoms with E-state index in [-0.39, 0.29) is 0 Å². The molecule has 1 rings (SSSR count). The standard InChI is InChI=1S/C8H17NO/c1-3-5-8-9(4-2)6-7-10-8/h8H,3-7H2,1-2H3. The highest BCUT2D eigenvalue weighted by molar-refractivity contribution is 4.67. The Hall–Kier alpha value is -0.0800. The Kier molecular flexibility index (Phi) is 3.16. The van der Waals surface area contributed by atoms with Gasteiger partial charge in [0, 0.05) is 6.54 Å². The Labute approximate surface area is 63.2 Å². The van der Waals surface area contributed by atoms with Gasteiger partial charge in [-0.1, -0.05) is 20.3 Å². The Bertz CT molecular complexity index is 95.3. The van der Waals surface area contributed by atoms with Crippen molar-refractivity contribution in [2.24, 2.45) is 0 Å². The van der Waals surface area contributed by atoms with Crippen molar-refractivity contribution in [1.82, 2.24) is 4.90 Å². The highest BCUT2D eigenvalue weighted by Crippen LogP contribution is 2.13. The van der Waals surface area contributed by atoms with Crippen molar-refractivity contribution in [3.63, 3.8) is 0 Å². The van der Waals surface area contributed by atoms with Crippen LogP contribution in [0, 0.1) is 0 Å². The number of nitrogens with zero attached hydrogens (tertiary/aromatic N) is 1. The van der Waals surface area contributed by atoms with Crippen molar-refractivity contribution in [3.8, 4) is 0 Å². The lowest BCUT2D eigenvalue weighted by Crippen LogP contribution is -2.29. The molecule has 1 aliphatic rings. The summed E-state index contributed by atoms with van der Waals surface area (Å²) in [6, 6.07) is 0. The van der Waals surface area contributed by atoms with Gasteiger partial charge in [-0.25, -0.2) is 0 Å². The lowest BCUT2D eigenvalue weighted by molar-refractivity contribution is 0.0293. The van der Waals surface area contributed by atoms with Crippen LogP contribution in [0.4, 0.5) is 0 Å². The van der Waals surface area contributed by atoms with Gasteiger partial charge in [0.2, 0.25) is 0 Å². The molecule has 1 heterocycles. The van der Waals surface area contributed by atoms with Crippen LogP contribution in [0.5, 0.6) is 0 Å². The van der Waals surface area contributed by atoms with Gasteiger partial charge >= 0.3 is 0 Å². The summed E-state index contributed by atoms with van der Waals surface area (Å²) < 4.78 is 5.52. The van der Waals surface area contributed by atoms with E-state index in [1.807, 2.05) is 0 Å². The van der Waals surface area contributed by atoms with E-state index in [1.54, 1.807) is 0 Å². The number of ether oxygens (including phenoxy) is 1. The summed E-state index contributed by atoms with van der Waals surface area (Å²) in [4.78, 5) is 2.39. The van der Waals surface area contributed by atoms with Gasteiger partial charge in [0.25, 0.3) is 0 Å². The number of hydrogen-bond donors (Lipinski definition) is 0. The van der Waals surface area contributed by atoms with Crippen molar-refractivity contribution in [3.05, 3.63) is 0 Å².